The number of nitrogens with zero attached hydrogens (tertiary/aromatic N) is 4. The van der Waals surface area contributed by atoms with Crippen LogP contribution in [0.25, 0.3) is 11.2 Å². The number of anilines is 1. The van der Waals surface area contributed by atoms with Gasteiger partial charge in [-0.1, -0.05) is 31.6 Å². The summed E-state index contributed by atoms with van der Waals surface area (Å²) in [6, 6.07) is 0. The summed E-state index contributed by atoms with van der Waals surface area (Å²) in [5, 5.41) is 3.18. The van der Waals surface area contributed by atoms with Gasteiger partial charge in [0, 0.05) is 31.3 Å². The number of hydrogen-bond acceptors (Lipinski definition) is 7. The van der Waals surface area contributed by atoms with Crippen LogP contribution in [0.5, 0.6) is 0 Å². The fourth-order valence-corrected chi connectivity index (χ4v) is 9.09. The smallest absolute Gasteiger partial charge is 0.223 e. The van der Waals surface area contributed by atoms with Crippen molar-refractivity contribution in [3.63, 3.8) is 0 Å². The first kappa shape index (κ1) is 26.8. The number of nitrogens with two attached hydrogens (primary N) is 1. The van der Waals surface area contributed by atoms with Crippen LogP contribution in [-0.2, 0) is 20.9 Å². The van der Waals surface area contributed by atoms with Crippen LogP contribution >= 0.6 is 0 Å². The Morgan fingerprint density at radius 1 is 1.12 bits per heavy atom. The second-order valence-corrected chi connectivity index (χ2v) is 13.0. The van der Waals surface area contributed by atoms with Crippen molar-refractivity contribution in [2.75, 3.05) is 12.3 Å². The Bertz CT molecular complexity index is 1430. The quantitative estimate of drug-likeness (QED) is 0.524. The zero-order valence-corrected chi connectivity index (χ0v) is 23.7. The summed E-state index contributed by atoms with van der Waals surface area (Å²) >= 11 is 0. The van der Waals surface area contributed by atoms with Crippen LogP contribution in [0.4, 0.5) is 5.82 Å². The first-order chi connectivity index (χ1) is 19.1. The van der Waals surface area contributed by atoms with Gasteiger partial charge in [0.05, 0.1) is 6.33 Å². The maximum atomic E-state index is 13.9. The molecule has 40 heavy (non-hydrogen) atoms. The van der Waals surface area contributed by atoms with Gasteiger partial charge in [0.2, 0.25) is 5.91 Å². The van der Waals surface area contributed by atoms with Gasteiger partial charge < -0.3 is 15.6 Å². The summed E-state index contributed by atoms with van der Waals surface area (Å²) in [6.07, 6.45) is 15.0. The van der Waals surface area contributed by atoms with Gasteiger partial charge in [0.25, 0.3) is 0 Å². The average molecular weight is 545 g/mol. The number of nitrogen functional groups attached to an aromatic ring is 1. The lowest BCUT2D eigenvalue weighted by atomic mass is 9.44. The van der Waals surface area contributed by atoms with E-state index in [1.165, 1.54) is 11.9 Å². The molecule has 0 saturated heterocycles. The van der Waals surface area contributed by atoms with E-state index >= 15 is 0 Å². The lowest BCUT2D eigenvalue weighted by Gasteiger charge is -2.60. The SMILES string of the molecule is CC(=O)[C@H]1CC[C@H]2[C@@H]3[C@H](C(=O)NC/C=C/Cn4cnc5c(N)ncnc54)CC4=CC(=O)CC[C@]4(C)[C@H]3CC[C@]12C. The minimum Gasteiger partial charge on any atom is -0.382 e. The molecule has 4 aliphatic rings. The molecule has 1 amide bonds. The van der Waals surface area contributed by atoms with E-state index in [0.29, 0.717) is 60.5 Å². The number of imidazole rings is 1. The van der Waals surface area contributed by atoms with E-state index in [2.05, 4.69) is 34.1 Å². The van der Waals surface area contributed by atoms with Crippen molar-refractivity contribution in [3.8, 4) is 0 Å². The zero-order valence-electron chi connectivity index (χ0n) is 23.7. The number of fused-ring (bicyclic) bond motifs is 6. The van der Waals surface area contributed by atoms with Crippen molar-refractivity contribution in [2.45, 2.75) is 72.3 Å². The van der Waals surface area contributed by atoms with Gasteiger partial charge in [-0.15, -0.1) is 0 Å². The molecule has 6 rings (SSSR count). The largest absolute Gasteiger partial charge is 0.382 e. The van der Waals surface area contributed by atoms with E-state index in [1.807, 2.05) is 22.8 Å². The zero-order chi connectivity index (χ0) is 28.2. The second-order valence-electron chi connectivity index (χ2n) is 13.0. The summed E-state index contributed by atoms with van der Waals surface area (Å²) < 4.78 is 1.89. The van der Waals surface area contributed by atoms with Gasteiger partial charge >= 0.3 is 0 Å². The number of amides is 1. The number of nitrogens with one attached hydrogen (secondary N) is 1. The number of carbonyl (C=O) groups is 3. The highest BCUT2D eigenvalue weighted by molar-refractivity contribution is 5.92. The molecule has 7 atom stereocenters. The molecule has 0 unspecified atom stereocenters. The molecule has 0 radical (unpaired) electrons. The molecule has 2 aromatic rings. The van der Waals surface area contributed by atoms with E-state index in [0.717, 1.165) is 32.1 Å². The van der Waals surface area contributed by atoms with Crippen molar-refractivity contribution in [1.82, 2.24) is 24.8 Å². The highest BCUT2D eigenvalue weighted by Crippen LogP contribution is 2.67. The van der Waals surface area contributed by atoms with Crippen molar-refractivity contribution in [3.05, 3.63) is 36.5 Å². The lowest BCUT2D eigenvalue weighted by Crippen LogP contribution is -2.56. The molecule has 3 N–H and O–H groups in total. The van der Waals surface area contributed by atoms with E-state index in [1.54, 1.807) is 13.3 Å². The Labute approximate surface area is 235 Å². The number of Topliss-reactive ketones (excluding diaryl/α,β-unsaturated/α-hetero) is 1. The molecule has 9 nitrogen and oxygen atoms in total. The topological polar surface area (TPSA) is 133 Å². The first-order valence-electron chi connectivity index (χ1n) is 14.7. The predicted octanol–water partition coefficient (Wildman–Crippen LogP) is 4.04. The molecule has 2 aromatic heterocycles. The molecule has 0 bridgehead atoms. The Hall–Kier alpha value is -3.36. The highest BCUT2D eigenvalue weighted by Gasteiger charge is 2.62. The number of carbonyl (C=O) groups excluding carboxylic acids is 3. The molecular weight excluding hydrogens is 504 g/mol. The maximum absolute atomic E-state index is 13.9. The third kappa shape index (κ3) is 4.20. The van der Waals surface area contributed by atoms with E-state index in [4.69, 9.17) is 5.73 Å². The minimum atomic E-state index is -0.184. The summed E-state index contributed by atoms with van der Waals surface area (Å²) in [5.74, 6) is 1.73. The van der Waals surface area contributed by atoms with Gasteiger partial charge in [-0.25, -0.2) is 15.0 Å². The number of aromatic nitrogens is 4. The van der Waals surface area contributed by atoms with Gasteiger partial charge in [-0.3, -0.25) is 14.4 Å². The van der Waals surface area contributed by atoms with Crippen LogP contribution in [0.15, 0.2) is 36.5 Å². The van der Waals surface area contributed by atoms with Crippen LogP contribution in [0.1, 0.15) is 65.7 Å². The number of ketones is 2. The molecule has 9 heteroatoms. The molecular formula is C31H40N6O3. The first-order valence-corrected chi connectivity index (χ1v) is 14.7. The van der Waals surface area contributed by atoms with Crippen LogP contribution in [-0.4, -0.2) is 43.5 Å². The average Bonchev–Trinajstić information content (AvgIpc) is 3.50. The van der Waals surface area contributed by atoms with Crippen molar-refractivity contribution in [2.24, 2.45) is 40.4 Å². The Morgan fingerprint density at radius 3 is 2.75 bits per heavy atom. The summed E-state index contributed by atoms with van der Waals surface area (Å²) in [4.78, 5) is 51.5. The minimum absolute atomic E-state index is 0.0363. The van der Waals surface area contributed by atoms with Gasteiger partial charge in [-0.2, -0.15) is 0 Å². The van der Waals surface area contributed by atoms with Crippen molar-refractivity contribution < 1.29 is 14.4 Å². The van der Waals surface area contributed by atoms with E-state index < -0.39 is 0 Å². The Kier molecular flexibility index (Phi) is 6.66. The van der Waals surface area contributed by atoms with Crippen molar-refractivity contribution in [1.29, 1.82) is 0 Å². The molecule has 4 aliphatic carbocycles. The predicted molar refractivity (Wildman–Crippen MR) is 152 cm³/mol. The van der Waals surface area contributed by atoms with Crippen LogP contribution < -0.4 is 11.1 Å². The summed E-state index contributed by atoms with van der Waals surface area (Å²) in [7, 11) is 0. The van der Waals surface area contributed by atoms with E-state index in [-0.39, 0.29) is 40.3 Å². The summed E-state index contributed by atoms with van der Waals surface area (Å²) in [5.41, 5.74) is 8.22. The molecule has 3 saturated carbocycles. The maximum Gasteiger partial charge on any atom is 0.223 e. The third-order valence-corrected chi connectivity index (χ3v) is 11.1. The summed E-state index contributed by atoms with van der Waals surface area (Å²) in [6.45, 7) is 7.35. The molecule has 212 valence electrons. The fraction of sp³-hybridized carbons (Fsp3) is 0.613. The molecule has 0 spiro atoms. The van der Waals surface area contributed by atoms with Crippen molar-refractivity contribution >= 4 is 34.5 Å². The van der Waals surface area contributed by atoms with Gasteiger partial charge in [0.1, 0.15) is 17.6 Å². The third-order valence-electron chi connectivity index (χ3n) is 11.1. The van der Waals surface area contributed by atoms with E-state index in [9.17, 15) is 14.4 Å². The lowest BCUT2D eigenvalue weighted by molar-refractivity contribution is -0.141. The molecule has 0 aromatic carbocycles. The number of rotatable bonds is 6. The van der Waals surface area contributed by atoms with Gasteiger partial charge in [-0.05, 0) is 80.1 Å². The monoisotopic (exact) mass is 544 g/mol. The van der Waals surface area contributed by atoms with Crippen LogP contribution in [0, 0.1) is 40.4 Å². The fourth-order valence-electron chi connectivity index (χ4n) is 9.09. The van der Waals surface area contributed by atoms with Crippen LogP contribution in [0.2, 0.25) is 0 Å². The van der Waals surface area contributed by atoms with Gasteiger partial charge in [0.15, 0.2) is 17.2 Å². The normalized spacial score (nSPS) is 35.2. The number of hydrogen-bond donors (Lipinski definition) is 2. The Morgan fingerprint density at radius 2 is 1.95 bits per heavy atom. The standard InChI is InChI=1S/C31H40N6O3/c1-18(38)22-6-7-23-25-21(15-19-14-20(39)8-10-30(19,2)24(25)9-11-31(22,23)3)29(40)33-12-4-5-13-37-17-36-26-27(32)34-16-35-28(26)37/h4-5,14,16-17,21-25H,6-13,15H2,1-3H3,(H,33,40)(H2,32,34,35)/b5-4+/t21-,22-,23+,24+,25+,30+,31-/m1/s1. The Balaban J connectivity index is 1.20. The highest BCUT2D eigenvalue weighted by atomic mass is 16.2. The second kappa shape index (κ2) is 9.93. The van der Waals surface area contributed by atoms with Crippen LogP contribution in [0.3, 0.4) is 0 Å². The molecule has 0 aliphatic heterocycles. The molecule has 2 heterocycles. The molecule has 3 fully saturated rings. The number of allylic oxidation sites excluding steroid dienone is 2.